The van der Waals surface area contributed by atoms with Gasteiger partial charge >= 0.3 is 0 Å². The van der Waals surface area contributed by atoms with Gasteiger partial charge in [0, 0.05) is 39.7 Å². The maximum atomic E-state index is 8.51. The highest BCUT2D eigenvalue weighted by Crippen LogP contribution is 2.33. The predicted octanol–water partition coefficient (Wildman–Crippen LogP) is 6.66. The fraction of sp³-hybridized carbons (Fsp3) is 0.360. The summed E-state index contributed by atoms with van der Waals surface area (Å²) >= 11 is 0. The summed E-state index contributed by atoms with van der Waals surface area (Å²) < 4.78 is 2.42. The van der Waals surface area contributed by atoms with E-state index in [4.69, 9.17) is 10.4 Å². The summed E-state index contributed by atoms with van der Waals surface area (Å²) in [6.07, 6.45) is 7.57. The van der Waals surface area contributed by atoms with Gasteiger partial charge in [0.1, 0.15) is 0 Å². The molecule has 1 aliphatic heterocycles. The number of aliphatic imine (C=N–C) groups is 1. The first-order valence-electron chi connectivity index (χ1n) is 10.9. The molecule has 2 N–H and O–H groups in total. The molecule has 0 spiro atoms. The van der Waals surface area contributed by atoms with Crippen LogP contribution in [0, 0.1) is 5.41 Å². The molecule has 4 heteroatoms. The van der Waals surface area contributed by atoms with Crippen LogP contribution in [0.25, 0.3) is 21.8 Å². The molecule has 148 valence electrons. The second kappa shape index (κ2) is 7.51. The number of aryl methyl sites for hydroxylation is 1. The van der Waals surface area contributed by atoms with E-state index in [1.54, 1.807) is 0 Å². The lowest BCUT2D eigenvalue weighted by Gasteiger charge is -2.15. The lowest BCUT2D eigenvalue weighted by Crippen LogP contribution is -2.21. The molecule has 5 rings (SSSR count). The van der Waals surface area contributed by atoms with Gasteiger partial charge in [-0.3, -0.25) is 0 Å². The fourth-order valence-corrected chi connectivity index (χ4v) is 4.79. The number of nitrogens with one attached hydrogen (secondary N) is 2. The molecule has 0 saturated carbocycles. The van der Waals surface area contributed by atoms with Gasteiger partial charge in [0.15, 0.2) is 5.84 Å². The van der Waals surface area contributed by atoms with Crippen LogP contribution in [0.5, 0.6) is 0 Å². The largest absolute Gasteiger partial charge is 0.340 e. The number of hydrogen-bond acceptors (Lipinski definition) is 3. The second-order valence-corrected chi connectivity index (χ2v) is 8.22. The number of fused-ring (bicyclic) bond motifs is 3. The zero-order valence-electron chi connectivity index (χ0n) is 17.1. The molecule has 29 heavy (non-hydrogen) atoms. The van der Waals surface area contributed by atoms with Crippen molar-refractivity contribution in [1.82, 2.24) is 4.57 Å². The third-order valence-corrected chi connectivity index (χ3v) is 6.24. The highest BCUT2D eigenvalue weighted by molar-refractivity contribution is 6.44. The molecule has 2 aliphatic rings. The molecule has 4 nitrogen and oxygen atoms in total. The first kappa shape index (κ1) is 18.2. The molecule has 1 aromatic heterocycles. The summed E-state index contributed by atoms with van der Waals surface area (Å²) in [7, 11) is 0. The van der Waals surface area contributed by atoms with Gasteiger partial charge in [-0.2, -0.15) is 0 Å². The van der Waals surface area contributed by atoms with E-state index in [1.807, 2.05) is 0 Å². The predicted molar refractivity (Wildman–Crippen MR) is 123 cm³/mol. The Hall–Kier alpha value is -2.88. The van der Waals surface area contributed by atoms with Gasteiger partial charge in [-0.1, -0.05) is 25.1 Å². The Bertz CT molecular complexity index is 1160. The first-order chi connectivity index (χ1) is 14.2. The summed E-state index contributed by atoms with van der Waals surface area (Å²) in [5.74, 6) is 0.730. The SMILES string of the molecule is CCCn1c2ccccc2c2cc(NC3=NC4=C(CCCC4)CCC3=N)ccc21. The quantitative estimate of drug-likeness (QED) is 0.521. The van der Waals surface area contributed by atoms with Crippen LogP contribution >= 0.6 is 0 Å². The Labute approximate surface area is 171 Å². The number of allylic oxidation sites excluding steroid dienone is 2. The molecule has 0 radical (unpaired) electrons. The minimum Gasteiger partial charge on any atom is -0.340 e. The number of amidine groups is 1. The van der Waals surface area contributed by atoms with Crippen molar-refractivity contribution in [2.75, 3.05) is 5.32 Å². The van der Waals surface area contributed by atoms with Crippen LogP contribution in [0.15, 0.2) is 58.7 Å². The highest BCUT2D eigenvalue weighted by atomic mass is 15.0. The van der Waals surface area contributed by atoms with Crippen LogP contribution in [0.3, 0.4) is 0 Å². The van der Waals surface area contributed by atoms with E-state index in [-0.39, 0.29) is 0 Å². The number of nitrogens with zero attached hydrogens (tertiary/aromatic N) is 2. The first-order valence-corrected chi connectivity index (χ1v) is 10.9. The van der Waals surface area contributed by atoms with E-state index in [1.165, 1.54) is 45.9 Å². The minimum absolute atomic E-state index is 0.618. The zero-order chi connectivity index (χ0) is 19.8. The van der Waals surface area contributed by atoms with Gasteiger partial charge in [-0.15, -0.1) is 0 Å². The van der Waals surface area contributed by atoms with E-state index in [0.717, 1.165) is 50.2 Å². The molecule has 0 atom stereocenters. The molecule has 0 amide bonds. The lowest BCUT2D eigenvalue weighted by molar-refractivity contribution is 0.648. The van der Waals surface area contributed by atoms with Crippen molar-refractivity contribution in [3.05, 3.63) is 53.7 Å². The van der Waals surface area contributed by atoms with Gasteiger partial charge in [-0.05, 0) is 74.8 Å². The minimum atomic E-state index is 0.618. The Balaban J connectivity index is 1.56. The van der Waals surface area contributed by atoms with Crippen LogP contribution in [0.2, 0.25) is 0 Å². The number of anilines is 1. The third kappa shape index (κ3) is 3.27. The molecule has 0 fully saturated rings. The fourth-order valence-electron chi connectivity index (χ4n) is 4.79. The zero-order valence-corrected chi connectivity index (χ0v) is 17.1. The lowest BCUT2D eigenvalue weighted by atomic mass is 9.93. The maximum Gasteiger partial charge on any atom is 0.151 e. The Morgan fingerprint density at radius 2 is 1.79 bits per heavy atom. The summed E-state index contributed by atoms with van der Waals surface area (Å²) in [6.45, 7) is 3.24. The molecule has 1 aliphatic carbocycles. The Morgan fingerprint density at radius 3 is 2.69 bits per heavy atom. The van der Waals surface area contributed by atoms with Gasteiger partial charge in [0.25, 0.3) is 0 Å². The summed E-state index contributed by atoms with van der Waals surface area (Å²) in [5, 5.41) is 14.5. The van der Waals surface area contributed by atoms with Crippen LogP contribution < -0.4 is 5.32 Å². The number of hydrogen-bond donors (Lipinski definition) is 2. The molecule has 2 heterocycles. The summed E-state index contributed by atoms with van der Waals surface area (Å²) in [4.78, 5) is 4.91. The monoisotopic (exact) mass is 384 g/mol. The molecule has 3 aromatic rings. The smallest absolute Gasteiger partial charge is 0.151 e. The van der Waals surface area contributed by atoms with Crippen LogP contribution in [-0.2, 0) is 6.54 Å². The number of para-hydroxylation sites is 1. The van der Waals surface area contributed by atoms with Gasteiger partial charge in [-0.25, -0.2) is 4.99 Å². The number of benzene rings is 2. The van der Waals surface area contributed by atoms with Crippen LogP contribution in [0.4, 0.5) is 5.69 Å². The normalized spacial score (nSPS) is 17.4. The third-order valence-electron chi connectivity index (χ3n) is 6.24. The van der Waals surface area contributed by atoms with Crippen molar-refractivity contribution in [1.29, 1.82) is 5.41 Å². The topological polar surface area (TPSA) is 53.2 Å². The maximum absolute atomic E-state index is 8.51. The second-order valence-electron chi connectivity index (χ2n) is 8.22. The molecule has 2 aromatic carbocycles. The van der Waals surface area contributed by atoms with Gasteiger partial charge < -0.3 is 15.3 Å². The molecular formula is C25H28N4. The molecular weight excluding hydrogens is 356 g/mol. The van der Waals surface area contributed by atoms with Crippen molar-refractivity contribution in [2.45, 2.75) is 58.4 Å². The number of rotatable bonds is 3. The van der Waals surface area contributed by atoms with Crippen molar-refractivity contribution in [2.24, 2.45) is 4.99 Å². The van der Waals surface area contributed by atoms with Gasteiger partial charge in [0.05, 0.1) is 5.71 Å². The van der Waals surface area contributed by atoms with Crippen molar-refractivity contribution < 1.29 is 0 Å². The average Bonchev–Trinajstić information content (AvgIpc) is 2.96. The molecule has 0 saturated heterocycles. The van der Waals surface area contributed by atoms with E-state index in [9.17, 15) is 0 Å². The highest BCUT2D eigenvalue weighted by Gasteiger charge is 2.20. The molecule has 0 unspecified atom stereocenters. The summed E-state index contributed by atoms with van der Waals surface area (Å²) in [5.41, 5.74) is 6.89. The van der Waals surface area contributed by atoms with E-state index < -0.39 is 0 Å². The van der Waals surface area contributed by atoms with Crippen molar-refractivity contribution in [3.8, 4) is 0 Å². The molecule has 0 bridgehead atoms. The van der Waals surface area contributed by atoms with Crippen LogP contribution in [0.1, 0.15) is 51.9 Å². The standard InChI is InChI=1S/C25H28N4/c1-2-15-29-23-10-6-4-8-19(23)20-16-18(12-14-24(20)29)27-25-21(26)13-11-17-7-3-5-9-22(17)28-25/h4,6,8,10,12,14,16,26H,2-3,5,7,9,11,13,15H2,1H3,(H,27,28). The van der Waals surface area contributed by atoms with E-state index in [2.05, 4.69) is 59.3 Å². The van der Waals surface area contributed by atoms with Gasteiger partial charge in [0.2, 0.25) is 0 Å². The summed E-state index contributed by atoms with van der Waals surface area (Å²) in [6, 6.07) is 15.2. The number of aromatic nitrogens is 1. The average molecular weight is 385 g/mol. The Morgan fingerprint density at radius 1 is 0.966 bits per heavy atom. The Kier molecular flexibility index (Phi) is 4.70. The van der Waals surface area contributed by atoms with E-state index >= 15 is 0 Å². The van der Waals surface area contributed by atoms with Crippen molar-refractivity contribution >= 4 is 39.0 Å². The van der Waals surface area contributed by atoms with Crippen molar-refractivity contribution in [3.63, 3.8) is 0 Å². The van der Waals surface area contributed by atoms with E-state index in [0.29, 0.717) is 5.71 Å². The van der Waals surface area contributed by atoms with Crippen LogP contribution in [-0.4, -0.2) is 16.1 Å².